The minimum Gasteiger partial charge on any atom is -0.510 e. The Balaban J connectivity index is 0.0000000772. The number of aliphatic hydroxyl groups excluding tert-OH is 1. The average Bonchev–Trinajstić information content (AvgIpc) is 1.44. The molecule has 27 aromatic rings. The van der Waals surface area contributed by atoms with Crippen LogP contribution in [-0.2, 0) is 96.7 Å². The molecule has 17 aromatic carbocycles. The summed E-state index contributed by atoms with van der Waals surface area (Å²) < 4.78 is 59.3. The Bertz CT molecular complexity index is 10800. The fourth-order valence-corrected chi connectivity index (χ4v) is 37.9. The third kappa shape index (κ3) is 7.45. The van der Waals surface area contributed by atoms with Gasteiger partial charge in [0.15, 0.2) is 17.0 Å². The minimum absolute atomic E-state index is 0.0329. The van der Waals surface area contributed by atoms with Gasteiger partial charge in [-0.1, -0.05) is 0 Å². The molecule has 14 heterocycles. The van der Waals surface area contributed by atoms with Gasteiger partial charge in [0.1, 0.15) is 33.0 Å². The second-order valence-electron chi connectivity index (χ2n) is 37.3. The first-order chi connectivity index (χ1) is 62.4. The molecule has 6 atom stereocenters. The van der Waals surface area contributed by atoms with Gasteiger partial charge < -0.3 is 35.4 Å². The molecule has 4 aliphatic heterocycles. The molecule has 0 amide bonds. The number of rotatable bonds is 0. The molecular weight excluding hydrogens is 1760 g/mol. The Morgan fingerprint density at radius 1 is 0.422 bits per heavy atom. The van der Waals surface area contributed by atoms with Gasteiger partial charge in [-0.2, -0.15) is 0 Å². The quantitative estimate of drug-likeness (QED) is 0.0548. The number of aromatic hydroxyl groups is 3. The lowest BCUT2D eigenvalue weighted by molar-refractivity contribution is -0.117. The lowest BCUT2D eigenvalue weighted by Gasteiger charge is -2.32. The number of fused-ring (bicyclic) bond motifs is 7. The molecule has 0 saturated heterocycles. The minimum atomic E-state index is -1.32. The van der Waals surface area contributed by atoms with E-state index in [4.69, 9.17) is 9.97 Å². The van der Waals surface area contributed by atoms with E-state index < -0.39 is 43.2 Å². The average molecular weight is 1810 g/mol. The molecule has 10 aliphatic rings. The number of H-pyrrole nitrogens is 3. The fraction of sp³-hybridized carbons (Fsp3) is 0.147. The van der Waals surface area contributed by atoms with E-state index in [-0.39, 0.29) is 51.9 Å². The van der Waals surface area contributed by atoms with Gasteiger partial charge in [-0.25, -0.2) is 0 Å². The number of aliphatic hydroxyl groups is 1. The molecule has 0 radical (unpaired) electrons. The van der Waals surface area contributed by atoms with Gasteiger partial charge in [-0.15, -0.1) is 45.3 Å². The Morgan fingerprint density at radius 2 is 1.16 bits per heavy atom. The summed E-state index contributed by atoms with van der Waals surface area (Å²) in [7, 11) is -4.26. The molecule has 6 unspecified atom stereocenters. The van der Waals surface area contributed by atoms with Crippen molar-refractivity contribution in [1.82, 2.24) is 29.9 Å². The number of nitrogens with zero attached hydrogens (tertiary/aromatic N) is 3. The Labute approximate surface area is 738 Å². The van der Waals surface area contributed by atoms with Crippen molar-refractivity contribution in [2.75, 3.05) is 11.5 Å². The highest BCUT2D eigenvalue weighted by Gasteiger charge is 2.45. The van der Waals surface area contributed by atoms with Crippen LogP contribution in [0.2, 0.25) is 0 Å². The van der Waals surface area contributed by atoms with Crippen LogP contribution in [0, 0.1) is 0 Å². The Morgan fingerprint density at radius 3 is 2.04 bits per heavy atom. The number of benzene rings is 17. The Kier molecular flexibility index (Phi) is 11.7. The van der Waals surface area contributed by atoms with Crippen molar-refractivity contribution >= 4 is 362 Å². The van der Waals surface area contributed by atoms with Crippen molar-refractivity contribution in [1.29, 1.82) is 0 Å². The molecule has 608 valence electrons. The van der Waals surface area contributed by atoms with Crippen molar-refractivity contribution in [3.63, 3.8) is 0 Å². The van der Waals surface area contributed by atoms with Crippen LogP contribution >= 0.6 is 45.3 Å². The molecule has 6 aliphatic carbocycles. The molecular formula is C102H50N6O12S8. The number of thiophene rings is 4. The Hall–Kier alpha value is -12.6. The highest BCUT2D eigenvalue weighted by atomic mass is 32.2. The van der Waals surface area contributed by atoms with Crippen molar-refractivity contribution < 1.29 is 51.6 Å². The summed E-state index contributed by atoms with van der Waals surface area (Å²) >= 11 is 6.40. The smallest absolute Gasteiger partial charge is 0.189 e. The molecule has 0 saturated carbocycles. The van der Waals surface area contributed by atoms with E-state index in [1.807, 2.05) is 42.2 Å². The first-order valence-corrected chi connectivity index (χ1v) is 51.7. The third-order valence-corrected chi connectivity index (χ3v) is 41.8. The summed E-state index contributed by atoms with van der Waals surface area (Å²) in [6.45, 7) is 0. The van der Waals surface area contributed by atoms with Crippen molar-refractivity contribution in [3.05, 3.63) is 184 Å². The normalized spacial score (nSPS) is 20.1. The zero-order chi connectivity index (χ0) is 83.9. The lowest BCUT2D eigenvalue weighted by Crippen LogP contribution is -2.28. The molecule has 18 nitrogen and oxygen atoms in total. The van der Waals surface area contributed by atoms with E-state index in [2.05, 4.69) is 44.2 Å². The number of phenols is 3. The van der Waals surface area contributed by atoms with Crippen LogP contribution in [-0.4, -0.2) is 96.0 Å². The van der Waals surface area contributed by atoms with E-state index in [0.29, 0.717) is 93.7 Å². The number of carbonyl (C=O) groups excluding carboxylic acids is 3. The van der Waals surface area contributed by atoms with E-state index >= 15 is 0 Å². The van der Waals surface area contributed by atoms with Crippen LogP contribution in [0.3, 0.4) is 0 Å². The van der Waals surface area contributed by atoms with Gasteiger partial charge in [-0.05, 0) is 175 Å². The van der Waals surface area contributed by atoms with Crippen LogP contribution in [0.1, 0.15) is 113 Å². The summed E-state index contributed by atoms with van der Waals surface area (Å²) in [5, 5.41) is 85.5. The van der Waals surface area contributed by atoms with Crippen molar-refractivity contribution in [3.8, 4) is 17.2 Å². The van der Waals surface area contributed by atoms with Crippen LogP contribution < -0.4 is 16.0 Å². The maximum atomic E-state index is 13.5. The largest absolute Gasteiger partial charge is 0.510 e. The van der Waals surface area contributed by atoms with E-state index in [1.165, 1.54) is 92.3 Å². The predicted octanol–water partition coefficient (Wildman–Crippen LogP) is 20.6. The van der Waals surface area contributed by atoms with E-state index in [9.17, 15) is 56.4 Å². The van der Waals surface area contributed by atoms with Crippen LogP contribution in [0.4, 0.5) is 0 Å². The van der Waals surface area contributed by atoms with Gasteiger partial charge in [0.25, 0.3) is 0 Å². The number of ketones is 3. The van der Waals surface area contributed by atoms with Crippen molar-refractivity contribution in [2.24, 2.45) is 0 Å². The predicted molar refractivity (Wildman–Crippen MR) is 518 cm³/mol. The van der Waals surface area contributed by atoms with Gasteiger partial charge in [0, 0.05) is 297 Å². The number of pyridine rings is 3. The SMILES string of the molecule is O=C1CC2CC3=c4c5c(sc6cnc7cc8c(O)cc9[nH]c1c1c2c4c(c7c65)c8c91)S(=O)C3.O=C1CC2CS(=O)Cc3c2c2c1cc1c4c5c(cnc6cc(O)c7sc3c(c24)c7c65)C1.O=C1Cc2cc3[nH]c4cc5c6c(cc7sc8c(O)c(c2c2c3c4c6c7c82)C1)CS(=O)C5.O=c1cc2c3c4c(c5ccnc5c5c[nH]c6c(c7c(c8ccsc8c1c37)CC=6O)c54)CS2=O. The van der Waals surface area contributed by atoms with E-state index in [0.717, 1.165) is 241 Å². The number of hydrogen-bond acceptors (Lipinski definition) is 19. The van der Waals surface area contributed by atoms with Gasteiger partial charge >= 0.3 is 0 Å². The summed E-state index contributed by atoms with van der Waals surface area (Å²) in [4.78, 5) is 77.7. The molecule has 7 N–H and O–H groups in total. The van der Waals surface area contributed by atoms with Gasteiger partial charge in [0.05, 0.1) is 91.0 Å². The van der Waals surface area contributed by atoms with Gasteiger partial charge in [0.2, 0.25) is 0 Å². The second kappa shape index (κ2) is 21.9. The maximum absolute atomic E-state index is 13.5. The zero-order valence-electron chi connectivity index (χ0n) is 66.2. The molecule has 0 bridgehead atoms. The first kappa shape index (κ1) is 68.6. The highest BCUT2D eigenvalue weighted by molar-refractivity contribution is 7.88. The van der Waals surface area contributed by atoms with Crippen LogP contribution in [0.5, 0.6) is 17.2 Å². The molecule has 0 spiro atoms. The number of nitrogens with one attached hydrogen (secondary N) is 3. The number of aromatic nitrogens is 6. The first-order valence-electron chi connectivity index (χ1n) is 42.8. The van der Waals surface area contributed by atoms with Crippen LogP contribution in [0.25, 0.3) is 256 Å². The van der Waals surface area contributed by atoms with Gasteiger partial charge in [-0.3, -0.25) is 51.0 Å². The summed E-state index contributed by atoms with van der Waals surface area (Å²) in [6.07, 6.45) is 11.2. The monoisotopic (exact) mass is 1810 g/mol. The number of phenolic OH excluding ortho intramolecular Hbond substituents is 3. The zero-order valence-corrected chi connectivity index (χ0v) is 72.7. The lowest BCUT2D eigenvalue weighted by atomic mass is 9.71. The third-order valence-electron chi connectivity index (χ3n) is 31.5. The number of carbonyl (C=O) groups is 3. The topological polar surface area (TPSA) is 304 Å². The fourth-order valence-electron chi connectivity index (χ4n) is 27.3. The number of hydrogen-bond donors (Lipinski definition) is 7. The molecule has 26 heteroatoms. The summed E-state index contributed by atoms with van der Waals surface area (Å²) in [5.41, 5.74) is 20.5. The maximum Gasteiger partial charge on any atom is 0.189 e. The van der Waals surface area contributed by atoms with Crippen molar-refractivity contribution in [2.45, 2.75) is 88.9 Å². The molecule has 37 rings (SSSR count). The number of Topliss-reactive ketones (excluding diaryl/α,β-unsaturated/α-hetero) is 3. The number of aromatic amines is 3. The molecule has 0 fully saturated rings. The summed E-state index contributed by atoms with van der Waals surface area (Å²) in [6, 6.07) is 19.8. The standard InChI is InChI=1S/2C26H12N2O3S2.2C25H13NO3S2/c29-12-4-11-19-17-9(12)3-10-18-20-14(5-27-10)32-26-24(20)16-8(6-33(26)31)1-7-2-13(30)25(28-11)23(19)15(7)21(16)22(17)18;29-14-6-16-21-19-13(8-33(16)31)9-1-3-27-24(9)12-7-28-25-15(30)5-11-10-2-4-32-26(10)20(14)22(21)17(11)23(25)18(12)19;27-11-1-8-2-13-19-18-14(26-13)3-9-6-31(29)7-10-4-15-20(21(18)16(9)10)23-22(19)17(8)12(5-11)24(28)25(23)30-15;27-14-3-10-6-31(29)7-12-16(10)19-11(14)2-8-1-9-5-26-13-4-15(28)25-22-20(13)18(9)17(8)21(19)23(22)24(12)30-25/h3-5,7,28-29H,1-2,6H2;1-4,6-7,28,30H,5,8H2;2-4,26,28H,1,5-7H2;2,4-5,10,28H,1,3,6-7H2. The highest BCUT2D eigenvalue weighted by Crippen LogP contribution is 2.64. The van der Waals surface area contributed by atoms with E-state index in [1.54, 1.807) is 69.7 Å². The summed E-state index contributed by atoms with van der Waals surface area (Å²) in [5.74, 6) is 4.82. The molecule has 128 heavy (non-hydrogen) atoms. The second-order valence-corrected chi connectivity index (χ2v) is 47.4. The molecule has 10 aromatic heterocycles. The van der Waals surface area contributed by atoms with Crippen LogP contribution in [0.15, 0.2) is 105 Å².